The van der Waals surface area contributed by atoms with E-state index in [2.05, 4.69) is 4.72 Å². The maximum absolute atomic E-state index is 12.2. The molecule has 2 rings (SSSR count). The van der Waals surface area contributed by atoms with Gasteiger partial charge in [-0.1, -0.05) is 6.07 Å². The van der Waals surface area contributed by atoms with Crippen molar-refractivity contribution < 1.29 is 23.4 Å². The molecule has 1 aliphatic carbocycles. The molecule has 1 fully saturated rings. The van der Waals surface area contributed by atoms with Gasteiger partial charge in [-0.3, -0.25) is 0 Å². The van der Waals surface area contributed by atoms with Gasteiger partial charge in [-0.25, -0.2) is 17.9 Å². The number of aliphatic hydroxyl groups is 1. The average molecular weight is 299 g/mol. The summed E-state index contributed by atoms with van der Waals surface area (Å²) in [5.41, 5.74) is -0.0726. The molecule has 1 saturated carbocycles. The van der Waals surface area contributed by atoms with E-state index in [1.165, 1.54) is 18.2 Å². The van der Waals surface area contributed by atoms with Crippen LogP contribution < -0.4 is 4.72 Å². The van der Waals surface area contributed by atoms with E-state index in [1.807, 2.05) is 0 Å². The lowest BCUT2D eigenvalue weighted by Crippen LogP contribution is -2.39. The Kier molecular flexibility index (Phi) is 4.42. The van der Waals surface area contributed by atoms with Crippen LogP contribution in [0.4, 0.5) is 0 Å². The van der Waals surface area contributed by atoms with Crippen LogP contribution in [0.2, 0.25) is 0 Å². The molecule has 0 saturated heterocycles. The van der Waals surface area contributed by atoms with Crippen molar-refractivity contribution in [2.24, 2.45) is 0 Å². The lowest BCUT2D eigenvalue weighted by molar-refractivity contribution is 0.0696. The van der Waals surface area contributed by atoms with Gasteiger partial charge in [0.25, 0.3) is 0 Å². The number of aliphatic hydroxyl groups excluding tert-OH is 1. The fraction of sp³-hybridized carbons (Fsp3) is 0.462. The van der Waals surface area contributed by atoms with E-state index in [4.69, 9.17) is 5.11 Å². The lowest BCUT2D eigenvalue weighted by Gasteiger charge is -2.26. The van der Waals surface area contributed by atoms with Gasteiger partial charge in [0, 0.05) is 6.04 Å². The number of hydrogen-bond acceptors (Lipinski definition) is 4. The normalized spacial score (nSPS) is 23.4. The molecule has 20 heavy (non-hydrogen) atoms. The van der Waals surface area contributed by atoms with Crippen molar-refractivity contribution in [1.82, 2.24) is 4.72 Å². The van der Waals surface area contributed by atoms with Crippen molar-refractivity contribution in [3.63, 3.8) is 0 Å². The van der Waals surface area contributed by atoms with Crippen LogP contribution in [0.5, 0.6) is 0 Å². The summed E-state index contributed by atoms with van der Waals surface area (Å²) in [7, 11) is -3.76. The van der Waals surface area contributed by atoms with Crippen LogP contribution >= 0.6 is 0 Å². The van der Waals surface area contributed by atoms with Crippen molar-refractivity contribution in [3.8, 4) is 0 Å². The van der Waals surface area contributed by atoms with E-state index in [1.54, 1.807) is 0 Å². The van der Waals surface area contributed by atoms with Crippen molar-refractivity contribution in [2.45, 2.75) is 42.7 Å². The van der Waals surface area contributed by atoms with Crippen molar-refractivity contribution in [1.29, 1.82) is 0 Å². The van der Waals surface area contributed by atoms with Gasteiger partial charge in [0.05, 0.1) is 16.6 Å². The number of carbonyl (C=O) groups is 1. The summed E-state index contributed by atoms with van der Waals surface area (Å²) in [6, 6.07) is 4.91. The van der Waals surface area contributed by atoms with E-state index >= 15 is 0 Å². The van der Waals surface area contributed by atoms with Crippen LogP contribution in [0, 0.1) is 0 Å². The third-order valence-corrected chi connectivity index (χ3v) is 4.88. The second-order valence-corrected chi connectivity index (χ2v) is 6.69. The van der Waals surface area contributed by atoms with E-state index in [-0.39, 0.29) is 16.5 Å². The molecular weight excluding hydrogens is 282 g/mol. The first-order valence-electron chi connectivity index (χ1n) is 6.42. The molecule has 0 aliphatic heterocycles. The Morgan fingerprint density at radius 1 is 1.30 bits per heavy atom. The SMILES string of the molecule is O=C(O)c1cccc(S(=O)(=O)N[C@@H]2CCC[C@@H](O)C2)c1. The van der Waals surface area contributed by atoms with Gasteiger partial charge in [0.15, 0.2) is 0 Å². The smallest absolute Gasteiger partial charge is 0.335 e. The minimum Gasteiger partial charge on any atom is -0.478 e. The predicted molar refractivity (Wildman–Crippen MR) is 72.0 cm³/mol. The molecule has 2 atom stereocenters. The number of carboxylic acids is 1. The number of benzene rings is 1. The fourth-order valence-electron chi connectivity index (χ4n) is 2.35. The van der Waals surface area contributed by atoms with Gasteiger partial charge in [0.2, 0.25) is 10.0 Å². The Bertz CT molecular complexity index is 599. The van der Waals surface area contributed by atoms with E-state index in [0.29, 0.717) is 19.3 Å². The van der Waals surface area contributed by atoms with Crippen LogP contribution in [0.25, 0.3) is 0 Å². The highest BCUT2D eigenvalue weighted by Gasteiger charge is 2.25. The van der Waals surface area contributed by atoms with Gasteiger partial charge in [-0.05, 0) is 43.9 Å². The molecule has 0 amide bonds. The fourth-order valence-corrected chi connectivity index (χ4v) is 3.68. The Hall–Kier alpha value is -1.44. The Balaban J connectivity index is 2.17. The summed E-state index contributed by atoms with van der Waals surface area (Å²) in [5, 5.41) is 18.4. The summed E-state index contributed by atoms with van der Waals surface area (Å²) in [6.45, 7) is 0. The molecule has 0 bridgehead atoms. The molecule has 0 heterocycles. The second kappa shape index (κ2) is 5.90. The van der Waals surface area contributed by atoms with Crippen LogP contribution in [0.1, 0.15) is 36.0 Å². The van der Waals surface area contributed by atoms with Crippen LogP contribution in [0.3, 0.4) is 0 Å². The highest BCUT2D eigenvalue weighted by molar-refractivity contribution is 7.89. The monoisotopic (exact) mass is 299 g/mol. The first kappa shape index (κ1) is 15.0. The molecule has 0 unspecified atom stereocenters. The number of aromatic carboxylic acids is 1. The Morgan fingerprint density at radius 2 is 2.05 bits per heavy atom. The third-order valence-electron chi connectivity index (χ3n) is 3.36. The topological polar surface area (TPSA) is 104 Å². The minimum atomic E-state index is -3.76. The van der Waals surface area contributed by atoms with E-state index in [0.717, 1.165) is 12.5 Å². The maximum atomic E-state index is 12.2. The Morgan fingerprint density at radius 3 is 2.70 bits per heavy atom. The molecule has 1 aromatic rings. The molecule has 6 nitrogen and oxygen atoms in total. The molecular formula is C13H17NO5S. The van der Waals surface area contributed by atoms with Crippen LogP contribution in [-0.4, -0.2) is 36.7 Å². The van der Waals surface area contributed by atoms with Crippen molar-refractivity contribution in [3.05, 3.63) is 29.8 Å². The molecule has 7 heteroatoms. The summed E-state index contributed by atoms with van der Waals surface area (Å²) in [5.74, 6) is -1.17. The second-order valence-electron chi connectivity index (χ2n) is 4.97. The van der Waals surface area contributed by atoms with E-state index < -0.39 is 22.1 Å². The zero-order valence-corrected chi connectivity index (χ0v) is 11.6. The van der Waals surface area contributed by atoms with Gasteiger partial charge < -0.3 is 10.2 Å². The highest BCUT2D eigenvalue weighted by Crippen LogP contribution is 2.21. The number of carboxylic acid groups (broad SMARTS) is 1. The number of sulfonamides is 1. The molecule has 0 spiro atoms. The number of hydrogen-bond donors (Lipinski definition) is 3. The van der Waals surface area contributed by atoms with Gasteiger partial charge in [-0.2, -0.15) is 0 Å². The van der Waals surface area contributed by atoms with Crippen molar-refractivity contribution >= 4 is 16.0 Å². The maximum Gasteiger partial charge on any atom is 0.335 e. The summed E-state index contributed by atoms with van der Waals surface area (Å²) < 4.78 is 26.9. The third kappa shape index (κ3) is 3.56. The van der Waals surface area contributed by atoms with Crippen LogP contribution in [0.15, 0.2) is 29.2 Å². The number of rotatable bonds is 4. The minimum absolute atomic E-state index is 0.0718. The molecule has 0 radical (unpaired) electrons. The molecule has 110 valence electrons. The summed E-state index contributed by atoms with van der Waals surface area (Å²) in [4.78, 5) is 10.8. The first-order valence-corrected chi connectivity index (χ1v) is 7.90. The zero-order chi connectivity index (χ0) is 14.8. The quantitative estimate of drug-likeness (QED) is 0.768. The molecule has 1 aromatic carbocycles. The molecule has 3 N–H and O–H groups in total. The van der Waals surface area contributed by atoms with Gasteiger partial charge in [0.1, 0.15) is 0 Å². The molecule has 0 aromatic heterocycles. The predicted octanol–water partition coefficient (Wildman–Crippen LogP) is 0.967. The number of nitrogens with one attached hydrogen (secondary N) is 1. The van der Waals surface area contributed by atoms with Gasteiger partial charge in [-0.15, -0.1) is 0 Å². The molecule has 1 aliphatic rings. The average Bonchev–Trinajstić information content (AvgIpc) is 2.38. The van der Waals surface area contributed by atoms with Crippen molar-refractivity contribution in [2.75, 3.05) is 0 Å². The first-order chi connectivity index (χ1) is 9.38. The van der Waals surface area contributed by atoms with E-state index in [9.17, 15) is 18.3 Å². The lowest BCUT2D eigenvalue weighted by atomic mass is 9.94. The van der Waals surface area contributed by atoms with Gasteiger partial charge >= 0.3 is 5.97 Å². The Labute approximate surface area is 117 Å². The summed E-state index contributed by atoms with van der Waals surface area (Å²) >= 11 is 0. The standard InChI is InChI=1S/C13H17NO5S/c15-11-5-2-4-10(8-11)14-20(18,19)12-6-1-3-9(7-12)13(16)17/h1,3,6-7,10-11,14-15H,2,4-5,8H2,(H,16,17)/t10-,11-/m1/s1. The highest BCUT2D eigenvalue weighted by atomic mass is 32.2. The largest absolute Gasteiger partial charge is 0.478 e. The van der Waals surface area contributed by atoms with Crippen LogP contribution in [-0.2, 0) is 10.0 Å². The summed E-state index contributed by atoms with van der Waals surface area (Å²) in [6.07, 6.45) is 2.03. The zero-order valence-electron chi connectivity index (χ0n) is 10.8.